The van der Waals surface area contributed by atoms with Crippen LogP contribution in [0.15, 0.2) is 33.9 Å². The molecule has 0 aliphatic carbocycles. The number of thioether (sulfide) groups is 1. The van der Waals surface area contributed by atoms with Crippen molar-refractivity contribution in [3.63, 3.8) is 0 Å². The highest BCUT2D eigenvalue weighted by atomic mass is 79.9. The van der Waals surface area contributed by atoms with Crippen molar-refractivity contribution in [3.05, 3.63) is 40.1 Å². The van der Waals surface area contributed by atoms with Crippen LogP contribution in [0.25, 0.3) is 0 Å². The number of amides is 2. The Morgan fingerprint density at radius 2 is 2.10 bits per heavy atom. The normalized spacial score (nSPS) is 16.0. The third-order valence-corrected chi connectivity index (χ3v) is 6.36. The van der Waals surface area contributed by atoms with Crippen molar-refractivity contribution < 1.29 is 14.3 Å². The van der Waals surface area contributed by atoms with Crippen LogP contribution in [0.4, 0.5) is 0 Å². The molecular weight excluding hydrogens is 470 g/mol. The van der Waals surface area contributed by atoms with E-state index in [2.05, 4.69) is 26.1 Å². The van der Waals surface area contributed by atoms with Gasteiger partial charge in [-0.25, -0.2) is 0 Å². The maximum Gasteiger partial charge on any atom is 0.233 e. The Labute approximate surface area is 188 Å². The summed E-state index contributed by atoms with van der Waals surface area (Å²) in [6, 6.07) is 7.90. The monoisotopic (exact) mass is 495 g/mol. The Bertz CT molecular complexity index is 868. The van der Waals surface area contributed by atoms with Gasteiger partial charge < -0.3 is 19.9 Å². The number of halogens is 1. The predicted molar refractivity (Wildman–Crippen MR) is 118 cm³/mol. The van der Waals surface area contributed by atoms with Gasteiger partial charge in [-0.05, 0) is 30.5 Å². The average Bonchev–Trinajstić information content (AvgIpc) is 3.36. The number of aromatic nitrogens is 3. The first-order valence-electron chi connectivity index (χ1n) is 9.85. The number of nitrogens with zero attached hydrogens (tertiary/aromatic N) is 4. The molecular formula is C20H26BrN5O3S. The minimum atomic E-state index is -0.374. The number of hydrogen-bond acceptors (Lipinski definition) is 6. The highest BCUT2D eigenvalue weighted by Gasteiger charge is 2.22. The van der Waals surface area contributed by atoms with Gasteiger partial charge in [-0.2, -0.15) is 0 Å². The van der Waals surface area contributed by atoms with Gasteiger partial charge in [0.1, 0.15) is 5.82 Å². The van der Waals surface area contributed by atoms with E-state index in [1.54, 1.807) is 11.9 Å². The van der Waals surface area contributed by atoms with Gasteiger partial charge in [0.15, 0.2) is 5.16 Å². The van der Waals surface area contributed by atoms with Gasteiger partial charge in [0.2, 0.25) is 11.8 Å². The Morgan fingerprint density at radius 1 is 1.33 bits per heavy atom. The third-order valence-electron chi connectivity index (χ3n) is 4.88. The van der Waals surface area contributed by atoms with Crippen LogP contribution >= 0.6 is 27.7 Å². The van der Waals surface area contributed by atoms with Crippen molar-refractivity contribution in [2.75, 3.05) is 19.4 Å². The molecule has 1 aliphatic heterocycles. The van der Waals surface area contributed by atoms with Crippen LogP contribution in [0.1, 0.15) is 30.7 Å². The van der Waals surface area contributed by atoms with Gasteiger partial charge in [-0.15, -0.1) is 10.2 Å². The molecule has 1 aromatic heterocycles. The van der Waals surface area contributed by atoms with Crippen LogP contribution in [0.3, 0.4) is 0 Å². The van der Waals surface area contributed by atoms with E-state index in [4.69, 9.17) is 10.5 Å². The first-order chi connectivity index (χ1) is 14.4. The van der Waals surface area contributed by atoms with E-state index in [0.29, 0.717) is 30.5 Å². The van der Waals surface area contributed by atoms with Crippen LogP contribution in [-0.4, -0.2) is 57.0 Å². The molecule has 0 radical (unpaired) electrons. The van der Waals surface area contributed by atoms with Crippen molar-refractivity contribution in [2.24, 2.45) is 5.73 Å². The fourth-order valence-corrected chi connectivity index (χ4v) is 4.38. The fraction of sp³-hybridized carbons (Fsp3) is 0.500. The molecule has 2 aromatic rings. The smallest absolute Gasteiger partial charge is 0.233 e. The molecule has 1 saturated heterocycles. The number of hydrogen-bond donors (Lipinski definition) is 1. The molecule has 2 heterocycles. The van der Waals surface area contributed by atoms with Crippen LogP contribution in [0, 0.1) is 0 Å². The number of carbonyl (C=O) groups is 2. The summed E-state index contributed by atoms with van der Waals surface area (Å²) >= 11 is 4.77. The largest absolute Gasteiger partial charge is 0.376 e. The maximum absolute atomic E-state index is 12.6. The maximum atomic E-state index is 12.6. The van der Waals surface area contributed by atoms with E-state index in [9.17, 15) is 9.59 Å². The molecule has 0 saturated carbocycles. The number of carbonyl (C=O) groups excluding carboxylic acids is 2. The Kier molecular flexibility index (Phi) is 8.29. The minimum absolute atomic E-state index is 0.00766. The van der Waals surface area contributed by atoms with E-state index in [-0.39, 0.29) is 30.1 Å². The minimum Gasteiger partial charge on any atom is -0.376 e. The number of nitrogens with two attached hydrogens (primary N) is 1. The molecule has 30 heavy (non-hydrogen) atoms. The van der Waals surface area contributed by atoms with E-state index in [0.717, 1.165) is 29.5 Å². The highest BCUT2D eigenvalue weighted by molar-refractivity contribution is 9.10. The molecule has 1 aliphatic rings. The zero-order chi connectivity index (χ0) is 21.5. The zero-order valence-corrected chi connectivity index (χ0v) is 19.3. The molecule has 1 unspecified atom stereocenters. The van der Waals surface area contributed by atoms with E-state index in [1.165, 1.54) is 11.8 Å². The van der Waals surface area contributed by atoms with Gasteiger partial charge in [-0.1, -0.05) is 39.8 Å². The molecule has 162 valence electrons. The lowest BCUT2D eigenvalue weighted by atomic mass is 10.2. The van der Waals surface area contributed by atoms with Crippen LogP contribution < -0.4 is 5.73 Å². The quantitative estimate of drug-likeness (QED) is 0.507. The molecule has 2 N–H and O–H groups in total. The zero-order valence-electron chi connectivity index (χ0n) is 16.9. The van der Waals surface area contributed by atoms with Crippen LogP contribution in [0.2, 0.25) is 0 Å². The summed E-state index contributed by atoms with van der Waals surface area (Å²) in [4.78, 5) is 25.5. The summed E-state index contributed by atoms with van der Waals surface area (Å²) in [5.41, 5.74) is 6.35. The molecule has 0 bridgehead atoms. The first-order valence-corrected chi connectivity index (χ1v) is 11.6. The van der Waals surface area contributed by atoms with Crippen molar-refractivity contribution in [3.8, 4) is 0 Å². The standard InChI is InChI=1S/C20H26BrN5O3S/c1-25(11-14-4-6-15(21)7-5-14)19(28)13-30-20-24-23-18(9-8-17(22)27)26(20)12-16-3-2-10-29-16/h4-7,16H,2-3,8-13H2,1H3,(H2,22,27). The van der Waals surface area contributed by atoms with E-state index in [1.807, 2.05) is 28.8 Å². The van der Waals surface area contributed by atoms with Gasteiger partial charge in [0.05, 0.1) is 18.4 Å². The van der Waals surface area contributed by atoms with Gasteiger partial charge in [0.25, 0.3) is 0 Å². The summed E-state index contributed by atoms with van der Waals surface area (Å²) in [5.74, 6) is 0.586. The Balaban J connectivity index is 1.61. The molecule has 1 atom stereocenters. The Hall–Kier alpha value is -1.91. The van der Waals surface area contributed by atoms with Crippen LogP contribution in [0.5, 0.6) is 0 Å². The van der Waals surface area contributed by atoms with Gasteiger partial charge in [-0.3, -0.25) is 9.59 Å². The fourth-order valence-electron chi connectivity index (χ4n) is 3.21. The molecule has 3 rings (SSSR count). The SMILES string of the molecule is CN(Cc1ccc(Br)cc1)C(=O)CSc1nnc(CCC(N)=O)n1CC1CCCO1. The highest BCUT2D eigenvalue weighted by Crippen LogP contribution is 2.22. The summed E-state index contributed by atoms with van der Waals surface area (Å²) in [5, 5.41) is 9.14. The molecule has 2 amide bonds. The number of ether oxygens (including phenoxy) is 1. The molecule has 0 spiro atoms. The summed E-state index contributed by atoms with van der Waals surface area (Å²) in [6.07, 6.45) is 2.75. The van der Waals surface area contributed by atoms with Crippen molar-refractivity contribution in [2.45, 2.75) is 50.0 Å². The lowest BCUT2D eigenvalue weighted by Gasteiger charge is -2.18. The van der Waals surface area contributed by atoms with Gasteiger partial charge >= 0.3 is 0 Å². The predicted octanol–water partition coefficient (Wildman–Crippen LogP) is 2.39. The topological polar surface area (TPSA) is 103 Å². The molecule has 8 nitrogen and oxygen atoms in total. The second-order valence-electron chi connectivity index (χ2n) is 7.28. The number of benzene rings is 1. The lowest BCUT2D eigenvalue weighted by molar-refractivity contribution is -0.127. The van der Waals surface area contributed by atoms with Crippen molar-refractivity contribution in [1.29, 1.82) is 0 Å². The van der Waals surface area contributed by atoms with Crippen molar-refractivity contribution >= 4 is 39.5 Å². The Morgan fingerprint density at radius 3 is 2.77 bits per heavy atom. The molecule has 10 heteroatoms. The second-order valence-corrected chi connectivity index (χ2v) is 9.13. The number of rotatable bonds is 10. The van der Waals surface area contributed by atoms with E-state index >= 15 is 0 Å². The summed E-state index contributed by atoms with van der Waals surface area (Å²) in [6.45, 7) is 1.91. The lowest BCUT2D eigenvalue weighted by Crippen LogP contribution is -2.28. The van der Waals surface area contributed by atoms with Crippen molar-refractivity contribution in [1.82, 2.24) is 19.7 Å². The molecule has 1 fully saturated rings. The first kappa shape index (κ1) is 22.8. The summed E-state index contributed by atoms with van der Waals surface area (Å²) in [7, 11) is 1.79. The molecule has 1 aromatic carbocycles. The third kappa shape index (κ3) is 6.55. The van der Waals surface area contributed by atoms with E-state index < -0.39 is 0 Å². The average molecular weight is 496 g/mol. The number of primary amides is 1. The van der Waals surface area contributed by atoms with Gasteiger partial charge in [0, 0.05) is 37.5 Å². The summed E-state index contributed by atoms with van der Waals surface area (Å²) < 4.78 is 8.72. The second kappa shape index (κ2) is 10.9. The van der Waals surface area contributed by atoms with Crippen LogP contribution in [-0.2, 0) is 33.8 Å². The number of aryl methyl sites for hydroxylation is 1.